The lowest BCUT2D eigenvalue weighted by atomic mass is 9.98. The summed E-state index contributed by atoms with van der Waals surface area (Å²) in [5.74, 6) is -0.106. The number of nitrogens with one attached hydrogen (secondary N) is 1. The van der Waals surface area contributed by atoms with E-state index in [1.54, 1.807) is 12.1 Å². The molecular weight excluding hydrogens is 408 g/mol. The molecule has 0 saturated carbocycles. The number of likely N-dealkylation sites (N-methyl/N-ethyl adjacent to an activating group) is 1. The molecule has 0 bridgehead atoms. The lowest BCUT2D eigenvalue weighted by Gasteiger charge is -2.28. The van der Waals surface area contributed by atoms with Crippen LogP contribution >= 0.6 is 11.8 Å². The number of carbonyl (C=O) groups is 1. The molecule has 2 aliphatic heterocycles. The number of carboxylic acid groups (broad SMARTS) is 1. The molecule has 10 heteroatoms. The largest absolute Gasteiger partial charge is 0.870 e. The second-order valence-electron chi connectivity index (χ2n) is 6.77. The average molecular weight is 428 g/mol. The van der Waals surface area contributed by atoms with Gasteiger partial charge in [-0.2, -0.15) is 0 Å². The number of benzene rings is 2. The molecule has 2 heterocycles. The first-order chi connectivity index (χ1) is 14.0. The van der Waals surface area contributed by atoms with Gasteiger partial charge in [0.15, 0.2) is 0 Å². The minimum atomic E-state index is -0.882. The molecule has 0 aromatic heterocycles. The van der Waals surface area contributed by atoms with Crippen molar-refractivity contribution < 1.29 is 25.2 Å². The lowest BCUT2D eigenvalue weighted by molar-refractivity contribution is -0.455. The number of thioether (sulfide) groups is 1. The third-order valence-electron chi connectivity index (χ3n) is 4.76. The van der Waals surface area contributed by atoms with Crippen molar-refractivity contribution in [2.45, 2.75) is 6.42 Å². The van der Waals surface area contributed by atoms with Gasteiger partial charge in [-0.15, -0.1) is 4.91 Å². The number of nitroso groups, excluding NO2 is 1. The van der Waals surface area contributed by atoms with Crippen molar-refractivity contribution in [3.8, 4) is 16.9 Å². The van der Waals surface area contributed by atoms with E-state index in [9.17, 15) is 9.70 Å². The van der Waals surface area contributed by atoms with Gasteiger partial charge in [0.05, 0.1) is 18.7 Å². The van der Waals surface area contributed by atoms with Crippen LogP contribution in [0, 0.1) is 4.91 Å². The highest BCUT2D eigenvalue weighted by molar-refractivity contribution is 8.14. The topological polar surface area (TPSA) is 136 Å². The number of fused-ring (bicyclic) bond motifs is 1. The number of hydrogen-bond acceptors (Lipinski definition) is 8. The summed E-state index contributed by atoms with van der Waals surface area (Å²) < 4.78 is 5.79. The van der Waals surface area contributed by atoms with Crippen LogP contribution in [0.4, 0.5) is 11.4 Å². The maximum absolute atomic E-state index is 11.3. The number of nitrogens with zero attached hydrogens (tertiary/aromatic N) is 3. The first-order valence-corrected chi connectivity index (χ1v) is 10.0. The fraction of sp³-hybridized carbons (Fsp3) is 0.250. The van der Waals surface area contributed by atoms with E-state index in [0.29, 0.717) is 18.7 Å². The van der Waals surface area contributed by atoms with Crippen molar-refractivity contribution in [2.75, 3.05) is 30.9 Å². The van der Waals surface area contributed by atoms with E-state index in [1.807, 2.05) is 31.3 Å². The van der Waals surface area contributed by atoms with Gasteiger partial charge in [-0.05, 0) is 63.5 Å². The maximum Gasteiger partial charge on any atom is 0.314 e. The summed E-state index contributed by atoms with van der Waals surface area (Å²) in [7, 11) is 2.03. The predicted octanol–water partition coefficient (Wildman–Crippen LogP) is 1.81. The summed E-state index contributed by atoms with van der Waals surface area (Å²) in [6.45, 7) is 1.47. The van der Waals surface area contributed by atoms with Gasteiger partial charge >= 0.3 is 5.97 Å². The number of anilines is 1. The van der Waals surface area contributed by atoms with Crippen LogP contribution in [0.1, 0.15) is 12.0 Å². The quantitative estimate of drug-likeness (QED) is 0.693. The molecule has 9 nitrogen and oxygen atoms in total. The van der Waals surface area contributed by atoms with Crippen LogP contribution in [-0.4, -0.2) is 53.3 Å². The van der Waals surface area contributed by atoms with E-state index >= 15 is 0 Å². The van der Waals surface area contributed by atoms with Gasteiger partial charge in [0.2, 0.25) is 5.04 Å². The Labute approximate surface area is 176 Å². The Morgan fingerprint density at radius 2 is 2.07 bits per heavy atom. The second kappa shape index (κ2) is 9.06. The zero-order valence-electron chi connectivity index (χ0n) is 16.2. The Balaban J connectivity index is 0.00000256. The predicted molar refractivity (Wildman–Crippen MR) is 115 cm³/mol. The number of aliphatic carboxylic acids is 1. The fourth-order valence-corrected chi connectivity index (χ4v) is 3.94. The molecule has 3 N–H and O–H groups in total. The third-order valence-corrected chi connectivity index (χ3v) is 5.73. The van der Waals surface area contributed by atoms with Crippen LogP contribution in [0.2, 0.25) is 0 Å². The highest BCUT2D eigenvalue weighted by Crippen LogP contribution is 2.36. The van der Waals surface area contributed by atoms with Crippen LogP contribution in [0.5, 0.6) is 5.75 Å². The van der Waals surface area contributed by atoms with Gasteiger partial charge < -0.3 is 20.2 Å². The lowest BCUT2D eigenvalue weighted by Crippen LogP contribution is -2.62. The minimum absolute atomic E-state index is 0. The van der Waals surface area contributed by atoms with E-state index in [2.05, 4.69) is 20.3 Å². The van der Waals surface area contributed by atoms with Crippen LogP contribution in [-0.2, 0) is 4.79 Å². The van der Waals surface area contributed by atoms with Gasteiger partial charge in [0, 0.05) is 12.6 Å². The van der Waals surface area contributed by atoms with Crippen molar-refractivity contribution >= 4 is 39.9 Å². The average Bonchev–Trinajstić information content (AvgIpc) is 3.21. The number of ether oxygens (including phenoxy) is 1. The Bertz CT molecular complexity index is 1050. The molecule has 0 saturated heterocycles. The number of hydrazone groups is 1. The zero-order chi connectivity index (χ0) is 20.4. The molecule has 30 heavy (non-hydrogen) atoms. The zero-order valence-corrected chi connectivity index (χ0v) is 17.0. The molecule has 0 radical (unpaired) electrons. The first-order valence-electron chi connectivity index (χ1n) is 9.03. The van der Waals surface area contributed by atoms with E-state index < -0.39 is 5.97 Å². The maximum atomic E-state index is 11.3. The molecule has 0 unspecified atom stereocenters. The Kier molecular flexibility index (Phi) is 6.48. The normalized spacial score (nSPS) is 14.8. The van der Waals surface area contributed by atoms with Crippen molar-refractivity contribution in [2.24, 2.45) is 10.3 Å². The molecular formula is C20H20N4O5S. The summed E-state index contributed by atoms with van der Waals surface area (Å²) in [4.78, 5) is 24.2. The molecule has 4 rings (SSSR count). The molecule has 0 aliphatic carbocycles. The van der Waals surface area contributed by atoms with Crippen LogP contribution < -0.4 is 14.7 Å². The Hall–Kier alpha value is -3.24. The summed E-state index contributed by atoms with van der Waals surface area (Å²) >= 11 is 1.20. The van der Waals surface area contributed by atoms with Crippen LogP contribution in [0.3, 0.4) is 0 Å². The molecule has 156 valence electrons. The van der Waals surface area contributed by atoms with Gasteiger partial charge in [0.1, 0.15) is 29.5 Å². The number of rotatable bonds is 5. The van der Waals surface area contributed by atoms with Crippen molar-refractivity contribution in [1.29, 1.82) is 0 Å². The third kappa shape index (κ3) is 4.50. The number of hydrogen-bond donors (Lipinski definition) is 2. The van der Waals surface area contributed by atoms with E-state index in [0.717, 1.165) is 45.4 Å². The molecule has 0 fully saturated rings. The first kappa shape index (κ1) is 21.5. The fourth-order valence-electron chi connectivity index (χ4n) is 3.29. The van der Waals surface area contributed by atoms with Gasteiger partial charge in [0.25, 0.3) is 0 Å². The second-order valence-corrected chi connectivity index (χ2v) is 7.84. The summed E-state index contributed by atoms with van der Waals surface area (Å²) in [6.07, 6.45) is 0.484. The van der Waals surface area contributed by atoms with E-state index in [4.69, 9.17) is 9.84 Å². The summed E-state index contributed by atoms with van der Waals surface area (Å²) in [5.41, 5.74) is 4.60. The molecule has 0 amide bonds. The minimum Gasteiger partial charge on any atom is -0.870 e. The summed E-state index contributed by atoms with van der Waals surface area (Å²) in [6, 6.07) is 11.3. The van der Waals surface area contributed by atoms with Crippen molar-refractivity contribution in [3.63, 3.8) is 0 Å². The van der Waals surface area contributed by atoms with Crippen LogP contribution in [0.15, 0.2) is 46.7 Å². The molecule has 2 aromatic rings. The number of carboxylic acids is 1. The highest BCUT2D eigenvalue weighted by atomic mass is 32.2. The van der Waals surface area contributed by atoms with Gasteiger partial charge in [-0.3, -0.25) is 4.79 Å². The van der Waals surface area contributed by atoms with Crippen molar-refractivity contribution in [3.05, 3.63) is 46.9 Å². The standard InChI is InChI=1S/C20H18N4O4S.H2O/c1-24-4-5-28-18-9-12(2-3-17(18)24)13-6-14(8-15(7-13)23-27)16-10-19(22-21-16)29-11-20(25)26;/h2-3,6-9H,4-5,10-11H2,1H3,(H,25,26);1H2. The highest BCUT2D eigenvalue weighted by Gasteiger charge is 2.23. The Morgan fingerprint density at radius 3 is 2.83 bits per heavy atom. The van der Waals surface area contributed by atoms with E-state index in [-0.39, 0.29) is 11.2 Å². The van der Waals surface area contributed by atoms with Crippen LogP contribution in [0.25, 0.3) is 11.1 Å². The molecule has 0 atom stereocenters. The summed E-state index contributed by atoms with van der Waals surface area (Å²) in [5, 5.41) is 19.9. The monoisotopic (exact) mass is 428 g/mol. The molecule has 2 aromatic carbocycles. The molecule has 2 aliphatic rings. The smallest absolute Gasteiger partial charge is 0.314 e. The Morgan fingerprint density at radius 1 is 1.27 bits per heavy atom. The SMILES string of the molecule is CN1CCOc2cc(-c3cc(N=O)cc(C4=N[NH+]=C(SCC(=O)O)C4)c3)ccc21.[OH-]. The van der Waals surface area contributed by atoms with Gasteiger partial charge in [-0.25, -0.2) is 0 Å². The van der Waals surface area contributed by atoms with Crippen molar-refractivity contribution in [1.82, 2.24) is 0 Å². The van der Waals surface area contributed by atoms with Gasteiger partial charge in [-0.1, -0.05) is 11.2 Å². The molecule has 0 spiro atoms. The van der Waals surface area contributed by atoms with E-state index in [1.165, 1.54) is 11.8 Å².